The molecule has 0 atom stereocenters. The van der Waals surface area contributed by atoms with E-state index in [4.69, 9.17) is 0 Å². The summed E-state index contributed by atoms with van der Waals surface area (Å²) in [7, 11) is 0. The molecule has 78 valence electrons. The van der Waals surface area contributed by atoms with E-state index in [1.54, 1.807) is 13.8 Å². The number of rotatable bonds is 3. The molecule has 0 spiro atoms. The molecule has 0 aliphatic carbocycles. The first kappa shape index (κ1) is 12.2. The van der Waals surface area contributed by atoms with Crippen LogP contribution >= 0.6 is 31.9 Å². The molecule has 1 N–H and O–H groups in total. The first-order chi connectivity index (χ1) is 6.45. The SMILES string of the molecule is CC(C)(O)c1ccc(Br)c(CCBr)c1. The predicted octanol–water partition coefficient (Wildman–Crippen LogP) is 3.61. The van der Waals surface area contributed by atoms with E-state index < -0.39 is 5.60 Å². The van der Waals surface area contributed by atoms with E-state index in [9.17, 15) is 5.11 Å². The van der Waals surface area contributed by atoms with Gasteiger partial charge >= 0.3 is 0 Å². The molecule has 1 aromatic carbocycles. The molecule has 0 saturated heterocycles. The fraction of sp³-hybridized carbons (Fsp3) is 0.455. The van der Waals surface area contributed by atoms with Gasteiger partial charge in [-0.3, -0.25) is 0 Å². The summed E-state index contributed by atoms with van der Waals surface area (Å²) in [5.74, 6) is 0. The molecule has 1 nitrogen and oxygen atoms in total. The standard InChI is InChI=1S/C11H14Br2O/c1-11(2,14)9-3-4-10(13)8(7-9)5-6-12/h3-4,7,14H,5-6H2,1-2H3. The molecule has 0 amide bonds. The lowest BCUT2D eigenvalue weighted by Gasteiger charge is -2.19. The van der Waals surface area contributed by atoms with Crippen LogP contribution in [0.3, 0.4) is 0 Å². The molecule has 1 rings (SSSR count). The van der Waals surface area contributed by atoms with Gasteiger partial charge in [-0.25, -0.2) is 0 Å². The normalized spacial score (nSPS) is 11.8. The van der Waals surface area contributed by atoms with Crippen LogP contribution in [0.1, 0.15) is 25.0 Å². The minimum absolute atomic E-state index is 0.762. The fourth-order valence-electron chi connectivity index (χ4n) is 1.25. The first-order valence-electron chi connectivity index (χ1n) is 4.52. The lowest BCUT2D eigenvalue weighted by Crippen LogP contribution is -2.15. The highest BCUT2D eigenvalue weighted by Gasteiger charge is 2.16. The summed E-state index contributed by atoms with van der Waals surface area (Å²) < 4.78 is 1.10. The van der Waals surface area contributed by atoms with E-state index in [1.807, 2.05) is 18.2 Å². The Morgan fingerprint density at radius 2 is 2.00 bits per heavy atom. The number of aryl methyl sites for hydroxylation is 1. The van der Waals surface area contributed by atoms with Crippen LogP contribution in [-0.2, 0) is 12.0 Å². The number of halogens is 2. The van der Waals surface area contributed by atoms with Gasteiger partial charge in [0.1, 0.15) is 0 Å². The lowest BCUT2D eigenvalue weighted by molar-refractivity contribution is 0.0785. The Hall–Kier alpha value is 0.140. The summed E-state index contributed by atoms with van der Waals surface area (Å²) in [6.45, 7) is 3.60. The average Bonchev–Trinajstić information content (AvgIpc) is 2.07. The lowest BCUT2D eigenvalue weighted by atomic mass is 9.96. The molecule has 0 bridgehead atoms. The van der Waals surface area contributed by atoms with E-state index in [1.165, 1.54) is 5.56 Å². The van der Waals surface area contributed by atoms with Crippen molar-refractivity contribution in [1.29, 1.82) is 0 Å². The Labute approximate surface area is 102 Å². The van der Waals surface area contributed by atoms with Crippen molar-refractivity contribution in [2.75, 3.05) is 5.33 Å². The van der Waals surface area contributed by atoms with Crippen LogP contribution in [0.4, 0.5) is 0 Å². The predicted molar refractivity (Wildman–Crippen MR) is 66.9 cm³/mol. The largest absolute Gasteiger partial charge is 0.386 e. The molecule has 0 aliphatic heterocycles. The quantitative estimate of drug-likeness (QED) is 0.843. The number of aliphatic hydroxyl groups is 1. The summed E-state index contributed by atoms with van der Waals surface area (Å²) in [5, 5.41) is 10.8. The van der Waals surface area contributed by atoms with Crippen molar-refractivity contribution in [3.63, 3.8) is 0 Å². The average molecular weight is 322 g/mol. The summed E-state index contributed by atoms with van der Waals surface area (Å²) in [5.41, 5.74) is 1.42. The summed E-state index contributed by atoms with van der Waals surface area (Å²) in [6.07, 6.45) is 0.963. The van der Waals surface area contributed by atoms with Gasteiger partial charge in [-0.2, -0.15) is 0 Å². The highest BCUT2D eigenvalue weighted by Crippen LogP contribution is 2.25. The maximum atomic E-state index is 9.85. The van der Waals surface area contributed by atoms with Crippen LogP contribution in [0.5, 0.6) is 0 Å². The van der Waals surface area contributed by atoms with E-state index in [0.717, 1.165) is 21.8 Å². The summed E-state index contributed by atoms with van der Waals surface area (Å²) in [4.78, 5) is 0. The highest BCUT2D eigenvalue weighted by molar-refractivity contribution is 9.10. The van der Waals surface area contributed by atoms with Gasteiger partial charge in [-0.05, 0) is 37.5 Å². The molecule has 0 radical (unpaired) electrons. The third-order valence-corrected chi connectivity index (χ3v) is 3.29. The maximum Gasteiger partial charge on any atom is 0.0840 e. The van der Waals surface area contributed by atoms with Crippen molar-refractivity contribution in [1.82, 2.24) is 0 Å². The van der Waals surface area contributed by atoms with Gasteiger partial charge < -0.3 is 5.11 Å². The number of benzene rings is 1. The van der Waals surface area contributed by atoms with Gasteiger partial charge in [0.25, 0.3) is 0 Å². The number of hydrogen-bond donors (Lipinski definition) is 1. The highest BCUT2D eigenvalue weighted by atomic mass is 79.9. The molecule has 0 unspecified atom stereocenters. The van der Waals surface area contributed by atoms with Gasteiger partial charge in [0.05, 0.1) is 5.60 Å². The van der Waals surface area contributed by atoms with E-state index in [2.05, 4.69) is 31.9 Å². The van der Waals surface area contributed by atoms with Crippen LogP contribution in [-0.4, -0.2) is 10.4 Å². The molecule has 0 fully saturated rings. The third kappa shape index (κ3) is 3.07. The molecule has 14 heavy (non-hydrogen) atoms. The second-order valence-electron chi connectivity index (χ2n) is 3.80. The smallest absolute Gasteiger partial charge is 0.0840 e. The Morgan fingerprint density at radius 3 is 2.50 bits per heavy atom. The van der Waals surface area contributed by atoms with Crippen molar-refractivity contribution < 1.29 is 5.11 Å². The minimum Gasteiger partial charge on any atom is -0.386 e. The molecule has 3 heteroatoms. The van der Waals surface area contributed by atoms with Gasteiger partial charge in [-0.1, -0.05) is 44.0 Å². The van der Waals surface area contributed by atoms with Gasteiger partial charge in [0, 0.05) is 9.80 Å². The summed E-state index contributed by atoms with van der Waals surface area (Å²) in [6, 6.07) is 5.98. The Bertz CT molecular complexity index is 316. The van der Waals surface area contributed by atoms with Crippen molar-refractivity contribution in [3.05, 3.63) is 33.8 Å². The van der Waals surface area contributed by atoms with E-state index in [0.29, 0.717) is 0 Å². The van der Waals surface area contributed by atoms with Gasteiger partial charge in [-0.15, -0.1) is 0 Å². The molecule has 0 aromatic heterocycles. The maximum absolute atomic E-state index is 9.85. The molecule has 0 aliphatic rings. The van der Waals surface area contributed by atoms with Crippen LogP contribution in [0.25, 0.3) is 0 Å². The van der Waals surface area contributed by atoms with E-state index >= 15 is 0 Å². The van der Waals surface area contributed by atoms with Crippen LogP contribution < -0.4 is 0 Å². The van der Waals surface area contributed by atoms with Crippen LogP contribution in [0.15, 0.2) is 22.7 Å². The third-order valence-electron chi connectivity index (χ3n) is 2.12. The first-order valence-corrected chi connectivity index (χ1v) is 6.44. The fourth-order valence-corrected chi connectivity index (χ4v) is 2.12. The van der Waals surface area contributed by atoms with Gasteiger partial charge in [0.15, 0.2) is 0 Å². The minimum atomic E-state index is -0.762. The second kappa shape index (κ2) is 4.77. The van der Waals surface area contributed by atoms with E-state index in [-0.39, 0.29) is 0 Å². The van der Waals surface area contributed by atoms with Gasteiger partial charge in [0.2, 0.25) is 0 Å². The molecule has 0 saturated carbocycles. The van der Waals surface area contributed by atoms with Crippen molar-refractivity contribution >= 4 is 31.9 Å². The zero-order chi connectivity index (χ0) is 10.8. The molecule has 0 heterocycles. The molecule has 1 aromatic rings. The van der Waals surface area contributed by atoms with Crippen LogP contribution in [0.2, 0.25) is 0 Å². The monoisotopic (exact) mass is 320 g/mol. The Kier molecular flexibility index (Phi) is 4.16. The molecular formula is C11H14Br2O. The number of alkyl halides is 1. The van der Waals surface area contributed by atoms with Crippen molar-refractivity contribution in [2.24, 2.45) is 0 Å². The second-order valence-corrected chi connectivity index (χ2v) is 5.45. The van der Waals surface area contributed by atoms with Crippen LogP contribution in [0, 0.1) is 0 Å². The molecular weight excluding hydrogens is 308 g/mol. The Morgan fingerprint density at radius 1 is 1.36 bits per heavy atom. The van der Waals surface area contributed by atoms with Crippen molar-refractivity contribution in [2.45, 2.75) is 25.9 Å². The summed E-state index contributed by atoms with van der Waals surface area (Å²) >= 11 is 6.91. The zero-order valence-corrected chi connectivity index (χ0v) is 11.5. The Balaban J connectivity index is 3.06. The van der Waals surface area contributed by atoms with Crippen molar-refractivity contribution in [3.8, 4) is 0 Å². The number of hydrogen-bond acceptors (Lipinski definition) is 1. The zero-order valence-electron chi connectivity index (χ0n) is 8.35. The topological polar surface area (TPSA) is 20.2 Å².